The van der Waals surface area contributed by atoms with Crippen molar-refractivity contribution < 1.29 is 14.3 Å². The van der Waals surface area contributed by atoms with Gasteiger partial charge < -0.3 is 14.8 Å². The van der Waals surface area contributed by atoms with Gasteiger partial charge in [-0.2, -0.15) is 0 Å². The van der Waals surface area contributed by atoms with Crippen molar-refractivity contribution in [3.63, 3.8) is 0 Å². The number of carbonyl (C=O) groups is 1. The Labute approximate surface area is 128 Å². The fraction of sp³-hybridized carbons (Fsp3) is 0.533. The highest BCUT2D eigenvalue weighted by Gasteiger charge is 2.15. The van der Waals surface area contributed by atoms with Gasteiger partial charge in [0.05, 0.1) is 18.3 Å². The van der Waals surface area contributed by atoms with E-state index in [-0.39, 0.29) is 12.0 Å². The molecule has 0 spiro atoms. The van der Waals surface area contributed by atoms with Gasteiger partial charge in [-0.15, -0.1) is 0 Å². The molecule has 1 aliphatic heterocycles. The minimum absolute atomic E-state index is 0.0511. The van der Waals surface area contributed by atoms with Gasteiger partial charge in [0, 0.05) is 24.2 Å². The molecule has 1 aromatic carbocycles. The molecular formula is C15H20BrNO3. The van der Waals surface area contributed by atoms with Crippen molar-refractivity contribution in [2.75, 3.05) is 26.4 Å². The third-order valence-electron chi connectivity index (χ3n) is 3.21. The van der Waals surface area contributed by atoms with Crippen LogP contribution in [0.15, 0.2) is 22.7 Å². The predicted octanol–water partition coefficient (Wildman–Crippen LogP) is 2.68. The number of hydrogen-bond donors (Lipinski definition) is 1. The van der Waals surface area contributed by atoms with Gasteiger partial charge in [0.25, 0.3) is 5.91 Å². The fourth-order valence-corrected chi connectivity index (χ4v) is 2.50. The van der Waals surface area contributed by atoms with E-state index >= 15 is 0 Å². The summed E-state index contributed by atoms with van der Waals surface area (Å²) in [5.74, 6) is -0.0511. The molecule has 20 heavy (non-hydrogen) atoms. The van der Waals surface area contributed by atoms with Gasteiger partial charge in [-0.05, 0) is 47.8 Å². The van der Waals surface area contributed by atoms with E-state index in [9.17, 15) is 4.79 Å². The van der Waals surface area contributed by atoms with Crippen molar-refractivity contribution in [3.05, 3.63) is 33.8 Å². The van der Waals surface area contributed by atoms with Crippen LogP contribution in [0.3, 0.4) is 0 Å². The van der Waals surface area contributed by atoms with Crippen LogP contribution in [-0.4, -0.2) is 38.4 Å². The monoisotopic (exact) mass is 341 g/mol. The molecule has 110 valence electrons. The first-order valence-electron chi connectivity index (χ1n) is 6.90. The molecule has 1 amide bonds. The third-order valence-corrected chi connectivity index (χ3v) is 3.91. The Bertz CT molecular complexity index is 458. The van der Waals surface area contributed by atoms with Gasteiger partial charge in [-0.25, -0.2) is 0 Å². The van der Waals surface area contributed by atoms with Gasteiger partial charge in [0.15, 0.2) is 0 Å². The predicted molar refractivity (Wildman–Crippen MR) is 81.0 cm³/mol. The molecule has 1 aliphatic rings. The smallest absolute Gasteiger partial charge is 0.252 e. The van der Waals surface area contributed by atoms with Crippen LogP contribution < -0.4 is 5.32 Å². The second kappa shape index (κ2) is 7.76. The molecule has 4 nitrogen and oxygen atoms in total. The third kappa shape index (κ3) is 4.58. The number of aryl methyl sites for hydroxylation is 1. The van der Waals surface area contributed by atoms with E-state index in [1.54, 1.807) is 0 Å². The lowest BCUT2D eigenvalue weighted by Gasteiger charge is -2.10. The second-order valence-electron chi connectivity index (χ2n) is 4.95. The van der Waals surface area contributed by atoms with Crippen LogP contribution in [0.4, 0.5) is 0 Å². The quantitative estimate of drug-likeness (QED) is 0.809. The highest BCUT2D eigenvalue weighted by molar-refractivity contribution is 9.10. The van der Waals surface area contributed by atoms with E-state index in [4.69, 9.17) is 9.47 Å². The van der Waals surface area contributed by atoms with E-state index in [0.29, 0.717) is 25.3 Å². The molecule has 1 atom stereocenters. The number of nitrogens with one attached hydrogen (secondary N) is 1. The summed E-state index contributed by atoms with van der Waals surface area (Å²) in [7, 11) is 0. The minimum Gasteiger partial charge on any atom is -0.379 e. The second-order valence-corrected chi connectivity index (χ2v) is 5.80. The average molecular weight is 342 g/mol. The van der Waals surface area contributed by atoms with Gasteiger partial charge in [-0.3, -0.25) is 4.79 Å². The Morgan fingerprint density at radius 2 is 2.40 bits per heavy atom. The van der Waals surface area contributed by atoms with Crippen LogP contribution in [-0.2, 0) is 9.47 Å². The van der Waals surface area contributed by atoms with Crippen LogP contribution in [0.1, 0.15) is 28.8 Å². The maximum atomic E-state index is 12.0. The molecule has 0 aromatic heterocycles. The van der Waals surface area contributed by atoms with E-state index in [0.717, 1.165) is 29.5 Å². The minimum atomic E-state index is -0.0511. The Morgan fingerprint density at radius 1 is 1.55 bits per heavy atom. The zero-order valence-corrected chi connectivity index (χ0v) is 13.2. The largest absolute Gasteiger partial charge is 0.379 e. The summed E-state index contributed by atoms with van der Waals surface area (Å²) < 4.78 is 11.7. The van der Waals surface area contributed by atoms with Crippen LogP contribution in [0.2, 0.25) is 0 Å². The zero-order valence-electron chi connectivity index (χ0n) is 11.7. The number of hydrogen-bond acceptors (Lipinski definition) is 3. The van der Waals surface area contributed by atoms with Crippen molar-refractivity contribution >= 4 is 21.8 Å². The number of amides is 1. The first kappa shape index (κ1) is 15.5. The van der Waals surface area contributed by atoms with Crippen LogP contribution in [0.25, 0.3) is 0 Å². The fourth-order valence-electron chi connectivity index (χ4n) is 2.08. The first-order chi connectivity index (χ1) is 9.66. The number of rotatable bonds is 6. The summed E-state index contributed by atoms with van der Waals surface area (Å²) in [5.41, 5.74) is 1.75. The molecule has 1 fully saturated rings. The molecule has 0 aliphatic carbocycles. The lowest BCUT2D eigenvalue weighted by atomic mass is 10.1. The highest BCUT2D eigenvalue weighted by atomic mass is 79.9. The van der Waals surface area contributed by atoms with E-state index in [1.807, 2.05) is 25.1 Å². The lowest BCUT2D eigenvalue weighted by Crippen LogP contribution is -2.26. The maximum Gasteiger partial charge on any atom is 0.252 e. The lowest BCUT2D eigenvalue weighted by molar-refractivity contribution is 0.0415. The van der Waals surface area contributed by atoms with E-state index in [2.05, 4.69) is 21.2 Å². The summed E-state index contributed by atoms with van der Waals surface area (Å²) in [6.45, 7) is 4.74. The molecule has 1 aromatic rings. The molecule has 0 radical (unpaired) electrons. The SMILES string of the molecule is Cc1ccc(Br)c(C(=O)NCCCOC2CCOC2)c1. The molecule has 0 saturated carbocycles. The molecule has 5 heteroatoms. The molecular weight excluding hydrogens is 322 g/mol. The molecule has 1 N–H and O–H groups in total. The summed E-state index contributed by atoms with van der Waals surface area (Å²) in [6.07, 6.45) is 2.02. The number of benzene rings is 1. The van der Waals surface area contributed by atoms with Crippen molar-refractivity contribution in [2.45, 2.75) is 25.9 Å². The van der Waals surface area contributed by atoms with Crippen molar-refractivity contribution in [3.8, 4) is 0 Å². The summed E-state index contributed by atoms with van der Waals surface area (Å²) >= 11 is 3.40. The zero-order chi connectivity index (χ0) is 14.4. The Kier molecular flexibility index (Phi) is 6.01. The highest BCUT2D eigenvalue weighted by Crippen LogP contribution is 2.17. The number of ether oxygens (including phenoxy) is 2. The van der Waals surface area contributed by atoms with E-state index in [1.165, 1.54) is 0 Å². The Balaban J connectivity index is 1.68. The van der Waals surface area contributed by atoms with Crippen molar-refractivity contribution in [1.82, 2.24) is 5.32 Å². The molecule has 1 saturated heterocycles. The van der Waals surface area contributed by atoms with Crippen LogP contribution >= 0.6 is 15.9 Å². The Morgan fingerprint density at radius 3 is 3.15 bits per heavy atom. The summed E-state index contributed by atoms with van der Waals surface area (Å²) in [6, 6.07) is 5.75. The molecule has 1 heterocycles. The Hall–Kier alpha value is -0.910. The summed E-state index contributed by atoms with van der Waals surface area (Å²) in [4.78, 5) is 12.0. The molecule has 1 unspecified atom stereocenters. The van der Waals surface area contributed by atoms with Crippen LogP contribution in [0, 0.1) is 6.92 Å². The number of carbonyl (C=O) groups excluding carboxylic acids is 1. The maximum absolute atomic E-state index is 12.0. The summed E-state index contributed by atoms with van der Waals surface area (Å²) in [5, 5.41) is 2.91. The van der Waals surface area contributed by atoms with Gasteiger partial charge in [0.2, 0.25) is 0 Å². The van der Waals surface area contributed by atoms with Gasteiger partial charge in [-0.1, -0.05) is 11.6 Å². The van der Waals surface area contributed by atoms with Gasteiger partial charge >= 0.3 is 0 Å². The van der Waals surface area contributed by atoms with Gasteiger partial charge in [0.1, 0.15) is 0 Å². The van der Waals surface area contributed by atoms with Crippen LogP contribution in [0.5, 0.6) is 0 Å². The van der Waals surface area contributed by atoms with E-state index < -0.39 is 0 Å². The first-order valence-corrected chi connectivity index (χ1v) is 7.70. The normalized spacial score (nSPS) is 18.2. The number of halogens is 1. The molecule has 2 rings (SSSR count). The standard InChI is InChI=1S/C15H20BrNO3/c1-11-3-4-14(16)13(9-11)15(18)17-6-2-7-20-12-5-8-19-10-12/h3-4,9,12H,2,5-8,10H2,1H3,(H,17,18). The topological polar surface area (TPSA) is 47.6 Å². The molecule has 0 bridgehead atoms. The van der Waals surface area contributed by atoms with Crippen molar-refractivity contribution in [1.29, 1.82) is 0 Å². The average Bonchev–Trinajstić information content (AvgIpc) is 2.94. The van der Waals surface area contributed by atoms with Crippen molar-refractivity contribution in [2.24, 2.45) is 0 Å².